The number of carbonyl (C=O) groups is 1. The van der Waals surface area contributed by atoms with Crippen molar-refractivity contribution in [3.05, 3.63) is 18.0 Å². The number of alkyl halides is 3. The molecule has 0 aliphatic carbocycles. The summed E-state index contributed by atoms with van der Waals surface area (Å²) in [6, 6.07) is 1.25. The van der Waals surface area contributed by atoms with E-state index in [0.29, 0.717) is 26.3 Å². The van der Waals surface area contributed by atoms with Gasteiger partial charge in [-0.25, -0.2) is 19.7 Å². The van der Waals surface area contributed by atoms with E-state index in [2.05, 4.69) is 19.9 Å². The van der Waals surface area contributed by atoms with Crippen LogP contribution in [0.4, 0.5) is 35.7 Å². The number of aromatic nitrogens is 4. The zero-order chi connectivity index (χ0) is 23.8. The topological polar surface area (TPSA) is 140 Å². The van der Waals surface area contributed by atoms with E-state index in [1.807, 2.05) is 0 Å². The number of nitrogens with zero attached hydrogens (tertiary/aromatic N) is 6. The number of hydrogen-bond acceptors (Lipinski definition) is 10. The molecule has 0 saturated carbocycles. The number of rotatable bonds is 5. The molecule has 11 nitrogen and oxygen atoms in total. The molecule has 0 aromatic carbocycles. The SMILES string of the molecule is C[C@@H](O)C[C@@H]1CN(c2cc(-c3cnc(N)nc3C(F)(F)F)nc(N3CCOCC3)n2)C(=O)O1. The number of halogens is 3. The van der Waals surface area contributed by atoms with Gasteiger partial charge in [-0.3, -0.25) is 4.90 Å². The van der Waals surface area contributed by atoms with Crippen LogP contribution in [0.5, 0.6) is 0 Å². The van der Waals surface area contributed by atoms with Gasteiger partial charge in [-0.1, -0.05) is 0 Å². The minimum absolute atomic E-state index is 0.0598. The van der Waals surface area contributed by atoms with E-state index < -0.39 is 41.7 Å². The van der Waals surface area contributed by atoms with Crippen LogP contribution >= 0.6 is 0 Å². The summed E-state index contributed by atoms with van der Waals surface area (Å²) >= 11 is 0. The van der Waals surface area contributed by atoms with Crippen molar-refractivity contribution in [3.63, 3.8) is 0 Å². The van der Waals surface area contributed by atoms with E-state index in [0.717, 1.165) is 6.20 Å². The Bertz CT molecular complexity index is 1030. The second kappa shape index (κ2) is 8.94. The Morgan fingerprint density at radius 2 is 2.00 bits per heavy atom. The highest BCUT2D eigenvalue weighted by atomic mass is 19.4. The highest BCUT2D eigenvalue weighted by Gasteiger charge is 2.38. The third-order valence-electron chi connectivity index (χ3n) is 5.10. The molecule has 0 spiro atoms. The maximum Gasteiger partial charge on any atom is 0.434 e. The average Bonchev–Trinajstić information content (AvgIpc) is 3.12. The number of cyclic esters (lactones) is 1. The molecule has 178 valence electrons. The fourth-order valence-corrected chi connectivity index (χ4v) is 3.61. The predicted octanol–water partition coefficient (Wildman–Crippen LogP) is 1.47. The van der Waals surface area contributed by atoms with Gasteiger partial charge >= 0.3 is 12.3 Å². The summed E-state index contributed by atoms with van der Waals surface area (Å²) in [4.78, 5) is 31.2. The number of morpholine rings is 1. The number of anilines is 3. The van der Waals surface area contributed by atoms with Crippen molar-refractivity contribution >= 4 is 23.8 Å². The first-order valence-electron chi connectivity index (χ1n) is 10.2. The minimum atomic E-state index is -4.81. The van der Waals surface area contributed by atoms with E-state index >= 15 is 0 Å². The van der Waals surface area contributed by atoms with Crippen LogP contribution in [0, 0.1) is 0 Å². The standard InChI is InChI=1S/C19H22F3N7O4/c1-10(30)6-11-9-29(18(31)33-11)14-7-13(25-17(26-14)28-2-4-32-5-3-28)12-8-24-16(23)27-15(12)19(20,21)22/h7-8,10-11,30H,2-6,9H2,1H3,(H2,23,24,27)/t10-,11-/m1/s1. The van der Waals surface area contributed by atoms with Crippen molar-refractivity contribution < 1.29 is 32.5 Å². The Morgan fingerprint density at radius 1 is 1.27 bits per heavy atom. The lowest BCUT2D eigenvalue weighted by Crippen LogP contribution is -2.38. The highest BCUT2D eigenvalue weighted by Crippen LogP contribution is 2.37. The third-order valence-corrected chi connectivity index (χ3v) is 5.10. The summed E-state index contributed by atoms with van der Waals surface area (Å²) in [6.07, 6.45) is -5.67. The molecular weight excluding hydrogens is 447 g/mol. The molecular formula is C19H22F3N7O4. The first kappa shape index (κ1) is 22.9. The molecule has 2 fully saturated rings. The summed E-state index contributed by atoms with van der Waals surface area (Å²) in [5.74, 6) is -0.343. The Morgan fingerprint density at radius 3 is 2.67 bits per heavy atom. The predicted molar refractivity (Wildman–Crippen MR) is 109 cm³/mol. The molecule has 33 heavy (non-hydrogen) atoms. The third kappa shape index (κ3) is 5.06. The maximum atomic E-state index is 13.7. The smallest absolute Gasteiger partial charge is 0.434 e. The number of aliphatic hydroxyl groups is 1. The number of aliphatic hydroxyl groups excluding tert-OH is 1. The molecule has 2 saturated heterocycles. The molecule has 3 N–H and O–H groups in total. The highest BCUT2D eigenvalue weighted by molar-refractivity contribution is 5.89. The number of hydrogen-bond donors (Lipinski definition) is 2. The van der Waals surface area contributed by atoms with Gasteiger partial charge in [-0.2, -0.15) is 18.2 Å². The van der Waals surface area contributed by atoms with E-state index in [-0.39, 0.29) is 30.4 Å². The van der Waals surface area contributed by atoms with Crippen molar-refractivity contribution in [3.8, 4) is 11.3 Å². The Hall–Kier alpha value is -3.26. The van der Waals surface area contributed by atoms with Crippen LogP contribution in [0.3, 0.4) is 0 Å². The van der Waals surface area contributed by atoms with Crippen LogP contribution in [-0.4, -0.2) is 76.2 Å². The zero-order valence-corrected chi connectivity index (χ0v) is 17.6. The van der Waals surface area contributed by atoms with Crippen LogP contribution in [0.1, 0.15) is 19.0 Å². The molecule has 0 radical (unpaired) electrons. The summed E-state index contributed by atoms with van der Waals surface area (Å²) in [5, 5.41) is 9.61. The molecule has 0 unspecified atom stereocenters. The van der Waals surface area contributed by atoms with Crippen LogP contribution in [0.15, 0.2) is 12.3 Å². The van der Waals surface area contributed by atoms with Crippen molar-refractivity contribution in [2.75, 3.05) is 48.4 Å². The molecule has 2 aromatic heterocycles. The van der Waals surface area contributed by atoms with Gasteiger partial charge in [0.25, 0.3) is 0 Å². The molecule has 2 aliphatic heterocycles. The van der Waals surface area contributed by atoms with Crippen LogP contribution in [-0.2, 0) is 15.7 Å². The Balaban J connectivity index is 1.79. The molecule has 0 bridgehead atoms. The number of nitrogens with two attached hydrogens (primary N) is 1. The first-order chi connectivity index (χ1) is 15.6. The van der Waals surface area contributed by atoms with Gasteiger partial charge in [0.15, 0.2) is 5.69 Å². The molecule has 4 heterocycles. The van der Waals surface area contributed by atoms with Crippen molar-refractivity contribution in [1.29, 1.82) is 0 Å². The van der Waals surface area contributed by atoms with E-state index in [1.54, 1.807) is 11.8 Å². The second-order valence-corrected chi connectivity index (χ2v) is 7.70. The maximum absolute atomic E-state index is 13.7. The monoisotopic (exact) mass is 469 g/mol. The Labute approximate surface area is 186 Å². The molecule has 2 aliphatic rings. The quantitative estimate of drug-likeness (QED) is 0.661. The Kier molecular flexibility index (Phi) is 6.21. The lowest BCUT2D eigenvalue weighted by molar-refractivity contribution is -0.140. The molecule has 1 amide bonds. The fourth-order valence-electron chi connectivity index (χ4n) is 3.61. The van der Waals surface area contributed by atoms with E-state index in [4.69, 9.17) is 15.2 Å². The minimum Gasteiger partial charge on any atom is -0.444 e. The number of amides is 1. The van der Waals surface area contributed by atoms with Crippen molar-refractivity contribution in [2.24, 2.45) is 0 Å². The van der Waals surface area contributed by atoms with Crippen LogP contribution in [0.2, 0.25) is 0 Å². The van der Waals surface area contributed by atoms with Gasteiger partial charge in [0.05, 0.1) is 31.6 Å². The van der Waals surface area contributed by atoms with Crippen molar-refractivity contribution in [2.45, 2.75) is 31.7 Å². The number of carbonyl (C=O) groups excluding carboxylic acids is 1. The summed E-state index contributed by atoms with van der Waals surface area (Å²) in [7, 11) is 0. The molecule has 14 heteroatoms. The van der Waals surface area contributed by atoms with E-state index in [9.17, 15) is 23.1 Å². The van der Waals surface area contributed by atoms with Gasteiger partial charge < -0.3 is 25.2 Å². The summed E-state index contributed by atoms with van der Waals surface area (Å²) < 4.78 is 51.6. The lowest BCUT2D eigenvalue weighted by atomic mass is 10.1. The summed E-state index contributed by atoms with van der Waals surface area (Å²) in [6.45, 7) is 3.27. The van der Waals surface area contributed by atoms with E-state index in [1.165, 1.54) is 11.0 Å². The van der Waals surface area contributed by atoms with Gasteiger partial charge in [0.1, 0.15) is 11.9 Å². The summed E-state index contributed by atoms with van der Waals surface area (Å²) in [5.41, 5.74) is 3.61. The van der Waals surface area contributed by atoms with Crippen LogP contribution < -0.4 is 15.5 Å². The number of nitrogen functional groups attached to an aromatic ring is 1. The second-order valence-electron chi connectivity index (χ2n) is 7.70. The van der Waals surface area contributed by atoms with Gasteiger partial charge in [0, 0.05) is 37.3 Å². The zero-order valence-electron chi connectivity index (χ0n) is 17.6. The molecule has 2 atom stereocenters. The van der Waals surface area contributed by atoms with Gasteiger partial charge in [-0.05, 0) is 6.92 Å². The average molecular weight is 469 g/mol. The van der Waals surface area contributed by atoms with Crippen molar-refractivity contribution in [1.82, 2.24) is 19.9 Å². The molecule has 2 aromatic rings. The van der Waals surface area contributed by atoms with Gasteiger partial charge in [-0.15, -0.1) is 0 Å². The number of ether oxygens (including phenoxy) is 2. The van der Waals surface area contributed by atoms with Gasteiger partial charge in [0.2, 0.25) is 11.9 Å². The fraction of sp³-hybridized carbons (Fsp3) is 0.526. The normalized spacial score (nSPS) is 20.2. The first-order valence-corrected chi connectivity index (χ1v) is 10.2. The largest absolute Gasteiger partial charge is 0.444 e. The van der Waals surface area contributed by atoms with Crippen LogP contribution in [0.25, 0.3) is 11.3 Å². The lowest BCUT2D eigenvalue weighted by Gasteiger charge is -2.28. The molecule has 4 rings (SSSR count).